The van der Waals surface area contributed by atoms with E-state index in [-0.39, 0.29) is 16.8 Å². The average Bonchev–Trinajstić information content (AvgIpc) is 3.14. The molecule has 0 saturated heterocycles. The lowest BCUT2D eigenvalue weighted by molar-refractivity contribution is -0.384. The number of nitrogens with zero attached hydrogens (tertiary/aromatic N) is 1. The summed E-state index contributed by atoms with van der Waals surface area (Å²) >= 11 is 5.16. The second kappa shape index (κ2) is 6.66. The van der Waals surface area contributed by atoms with Crippen molar-refractivity contribution in [2.24, 2.45) is 11.8 Å². The van der Waals surface area contributed by atoms with Crippen molar-refractivity contribution in [2.75, 3.05) is 5.43 Å². The first-order valence-electron chi connectivity index (χ1n) is 7.92. The number of rotatable bonds is 4. The number of hydrogen-bond acceptors (Lipinski definition) is 4. The Morgan fingerprint density at radius 3 is 2.60 bits per heavy atom. The van der Waals surface area contributed by atoms with Gasteiger partial charge in [-0.25, -0.2) is 0 Å². The van der Waals surface area contributed by atoms with Gasteiger partial charge in [0.25, 0.3) is 5.69 Å². The number of hydrogen-bond donors (Lipinski definition) is 3. The van der Waals surface area contributed by atoms with E-state index in [0.29, 0.717) is 12.0 Å². The normalized spacial score (nSPS) is 24.8. The van der Waals surface area contributed by atoms with E-state index in [0.717, 1.165) is 24.5 Å². The summed E-state index contributed by atoms with van der Waals surface area (Å²) < 4.78 is 38.1. The maximum absolute atomic E-state index is 12.7. The Morgan fingerprint density at radius 2 is 2.04 bits per heavy atom. The van der Waals surface area contributed by atoms with E-state index in [2.05, 4.69) is 16.2 Å². The Balaban J connectivity index is 1.62. The predicted octanol–water partition coefficient (Wildman–Crippen LogP) is 3.59. The summed E-state index contributed by atoms with van der Waals surface area (Å²) in [5.74, 6) is 1.32. The zero-order valence-electron chi connectivity index (χ0n) is 13.1. The summed E-state index contributed by atoms with van der Waals surface area (Å²) in [5, 5.41) is 14.5. The van der Waals surface area contributed by atoms with Crippen molar-refractivity contribution in [2.45, 2.75) is 37.9 Å². The highest BCUT2D eigenvalue weighted by Gasteiger charge is 2.39. The summed E-state index contributed by atoms with van der Waals surface area (Å²) in [6, 6.07) is 2.57. The summed E-state index contributed by atoms with van der Waals surface area (Å²) in [6.45, 7) is 0. The first kappa shape index (κ1) is 17.7. The minimum atomic E-state index is -4.64. The zero-order valence-corrected chi connectivity index (χ0v) is 13.9. The minimum absolute atomic E-state index is 0.0879. The SMILES string of the molecule is O=[N+]([O-])c1cc(C(F)(F)F)ccc1NNC(=S)N[C@@H]1C[C@H]2CC[C@@H]1C2. The number of thiocarbonyl (C=S) groups is 1. The van der Waals surface area contributed by atoms with Crippen LogP contribution in [-0.2, 0) is 6.18 Å². The van der Waals surface area contributed by atoms with Gasteiger partial charge in [-0.3, -0.25) is 21.0 Å². The third kappa shape index (κ3) is 3.94. The lowest BCUT2D eigenvalue weighted by atomic mass is 9.96. The van der Waals surface area contributed by atoms with E-state index in [9.17, 15) is 23.3 Å². The standard InChI is InChI=1S/C15H17F3N4O2S/c16-15(17,18)10-3-4-11(13(7-10)22(23)24)20-21-14(25)19-12-6-8-1-2-9(12)5-8/h3-4,7-9,12,20H,1-2,5-6H2,(H2,19,21,25)/t8-,9+,12+/m0/s1. The van der Waals surface area contributed by atoms with E-state index in [1.807, 2.05) is 0 Å². The van der Waals surface area contributed by atoms with Crippen molar-refractivity contribution >= 4 is 28.7 Å². The Labute approximate surface area is 147 Å². The lowest BCUT2D eigenvalue weighted by Crippen LogP contribution is -2.46. The van der Waals surface area contributed by atoms with Crippen LogP contribution in [0.25, 0.3) is 0 Å². The number of anilines is 1. The van der Waals surface area contributed by atoms with Gasteiger partial charge in [0.15, 0.2) is 5.11 Å². The fourth-order valence-corrected chi connectivity index (χ4v) is 3.92. The molecule has 1 aromatic carbocycles. The maximum atomic E-state index is 12.7. The molecule has 2 bridgehead atoms. The molecule has 0 aromatic heterocycles. The molecule has 0 spiro atoms. The van der Waals surface area contributed by atoms with Crippen LogP contribution in [0, 0.1) is 22.0 Å². The van der Waals surface area contributed by atoms with Gasteiger partial charge < -0.3 is 5.32 Å². The molecule has 3 atom stereocenters. The third-order valence-electron chi connectivity index (χ3n) is 4.89. The molecular weight excluding hydrogens is 357 g/mol. The number of nitro benzene ring substituents is 1. The monoisotopic (exact) mass is 374 g/mol. The van der Waals surface area contributed by atoms with Gasteiger partial charge in [0.05, 0.1) is 10.5 Å². The molecule has 3 N–H and O–H groups in total. The smallest absolute Gasteiger partial charge is 0.358 e. The van der Waals surface area contributed by atoms with Gasteiger partial charge in [0.1, 0.15) is 5.69 Å². The van der Waals surface area contributed by atoms with Crippen LogP contribution in [0.3, 0.4) is 0 Å². The van der Waals surface area contributed by atoms with Gasteiger partial charge in [0.2, 0.25) is 0 Å². The molecule has 2 saturated carbocycles. The molecule has 0 unspecified atom stereocenters. The number of alkyl halides is 3. The molecule has 2 aliphatic carbocycles. The molecule has 1 aromatic rings. The summed E-state index contributed by atoms with van der Waals surface area (Å²) in [4.78, 5) is 10.2. The van der Waals surface area contributed by atoms with Gasteiger partial charge in [-0.2, -0.15) is 13.2 Å². The molecule has 136 valence electrons. The van der Waals surface area contributed by atoms with Gasteiger partial charge in [0, 0.05) is 12.1 Å². The largest absolute Gasteiger partial charge is 0.416 e. The second-order valence-corrected chi connectivity index (χ2v) is 6.90. The van der Waals surface area contributed by atoms with Crippen molar-refractivity contribution in [3.05, 3.63) is 33.9 Å². The molecule has 0 aliphatic heterocycles. The van der Waals surface area contributed by atoms with E-state index in [1.54, 1.807) is 0 Å². The molecule has 25 heavy (non-hydrogen) atoms. The van der Waals surface area contributed by atoms with Gasteiger partial charge in [-0.1, -0.05) is 6.42 Å². The molecule has 3 rings (SSSR count). The predicted molar refractivity (Wildman–Crippen MR) is 89.8 cm³/mol. The van der Waals surface area contributed by atoms with Crippen molar-refractivity contribution < 1.29 is 18.1 Å². The van der Waals surface area contributed by atoms with Crippen LogP contribution in [-0.4, -0.2) is 16.1 Å². The first-order chi connectivity index (χ1) is 11.7. The Kier molecular flexibility index (Phi) is 4.72. The molecule has 0 amide bonds. The second-order valence-electron chi connectivity index (χ2n) is 6.49. The Hall–Kier alpha value is -2.10. The third-order valence-corrected chi connectivity index (χ3v) is 5.11. The van der Waals surface area contributed by atoms with Crippen LogP contribution >= 0.6 is 12.2 Å². The molecule has 6 nitrogen and oxygen atoms in total. The van der Waals surface area contributed by atoms with Crippen LogP contribution in [0.15, 0.2) is 18.2 Å². The molecule has 0 radical (unpaired) electrons. The van der Waals surface area contributed by atoms with Crippen LogP contribution < -0.4 is 16.2 Å². The quantitative estimate of drug-likeness (QED) is 0.425. The van der Waals surface area contributed by atoms with Crippen molar-refractivity contribution in [1.82, 2.24) is 10.7 Å². The summed E-state index contributed by atoms with van der Waals surface area (Å²) in [6.07, 6.45) is 0.0160. The van der Waals surface area contributed by atoms with E-state index >= 15 is 0 Å². The number of benzene rings is 1. The van der Waals surface area contributed by atoms with Crippen LogP contribution in [0.2, 0.25) is 0 Å². The van der Waals surface area contributed by atoms with E-state index in [4.69, 9.17) is 12.2 Å². The lowest BCUT2D eigenvalue weighted by Gasteiger charge is -2.24. The highest BCUT2D eigenvalue weighted by atomic mass is 32.1. The Morgan fingerprint density at radius 1 is 1.28 bits per heavy atom. The summed E-state index contributed by atoms with van der Waals surface area (Å²) in [7, 11) is 0. The topological polar surface area (TPSA) is 79.2 Å². The molecular formula is C15H17F3N4O2S. The molecule has 2 fully saturated rings. The van der Waals surface area contributed by atoms with E-state index < -0.39 is 22.4 Å². The highest BCUT2D eigenvalue weighted by Crippen LogP contribution is 2.44. The number of nitro groups is 1. The van der Waals surface area contributed by atoms with E-state index in [1.165, 1.54) is 19.3 Å². The number of halogens is 3. The van der Waals surface area contributed by atoms with Crippen LogP contribution in [0.4, 0.5) is 24.5 Å². The van der Waals surface area contributed by atoms with Crippen molar-refractivity contribution in [1.29, 1.82) is 0 Å². The molecule has 10 heteroatoms. The van der Waals surface area contributed by atoms with Gasteiger partial charge in [-0.05, 0) is 55.4 Å². The number of hydrazine groups is 1. The van der Waals surface area contributed by atoms with Crippen LogP contribution in [0.5, 0.6) is 0 Å². The van der Waals surface area contributed by atoms with Gasteiger partial charge in [-0.15, -0.1) is 0 Å². The van der Waals surface area contributed by atoms with Crippen molar-refractivity contribution in [3.63, 3.8) is 0 Å². The number of nitrogens with one attached hydrogen (secondary N) is 3. The highest BCUT2D eigenvalue weighted by molar-refractivity contribution is 7.80. The molecule has 2 aliphatic rings. The van der Waals surface area contributed by atoms with Gasteiger partial charge >= 0.3 is 6.18 Å². The average molecular weight is 374 g/mol. The van der Waals surface area contributed by atoms with Crippen LogP contribution in [0.1, 0.15) is 31.2 Å². The van der Waals surface area contributed by atoms with Crippen molar-refractivity contribution in [3.8, 4) is 0 Å². The first-order valence-corrected chi connectivity index (χ1v) is 8.33. The minimum Gasteiger partial charge on any atom is -0.358 e. The fourth-order valence-electron chi connectivity index (χ4n) is 3.71. The maximum Gasteiger partial charge on any atom is 0.416 e. The summed E-state index contributed by atoms with van der Waals surface area (Å²) in [5.41, 5.74) is 3.31. The fraction of sp³-hybridized carbons (Fsp3) is 0.533. The zero-order chi connectivity index (χ0) is 18.2. The number of fused-ring (bicyclic) bond motifs is 2. The molecule has 0 heterocycles. The Bertz CT molecular complexity index is 698.